The zero-order valence-electron chi connectivity index (χ0n) is 11.0. The van der Waals surface area contributed by atoms with Crippen LogP contribution in [-0.4, -0.2) is 21.2 Å². The molecular formula is C13H22N4. The topological polar surface area (TPSA) is 50.7 Å². The number of aromatic nitrogens is 3. The van der Waals surface area contributed by atoms with Crippen LogP contribution in [-0.2, 0) is 0 Å². The van der Waals surface area contributed by atoms with Crippen LogP contribution in [0.15, 0.2) is 0 Å². The molecule has 2 atom stereocenters. The van der Waals surface area contributed by atoms with E-state index in [1.165, 1.54) is 32.1 Å². The zero-order chi connectivity index (χ0) is 12.3. The maximum Gasteiger partial charge on any atom is 0.243 e. The van der Waals surface area contributed by atoms with E-state index in [9.17, 15) is 0 Å². The summed E-state index contributed by atoms with van der Waals surface area (Å²) in [5, 5.41) is 11.6. The van der Waals surface area contributed by atoms with Crippen LogP contribution in [0.2, 0.25) is 0 Å². The maximum atomic E-state index is 4.43. The van der Waals surface area contributed by atoms with Gasteiger partial charge in [-0.1, -0.05) is 26.2 Å². The normalized spacial score (nSPS) is 24.6. The molecule has 0 aliphatic heterocycles. The van der Waals surface area contributed by atoms with Crippen molar-refractivity contribution in [2.24, 2.45) is 5.92 Å². The summed E-state index contributed by atoms with van der Waals surface area (Å²) in [4.78, 5) is 4.43. The van der Waals surface area contributed by atoms with E-state index in [0.717, 1.165) is 17.3 Å². The molecule has 1 fully saturated rings. The molecule has 1 aromatic heterocycles. The Morgan fingerprint density at radius 1 is 1.18 bits per heavy atom. The summed E-state index contributed by atoms with van der Waals surface area (Å²) < 4.78 is 0. The van der Waals surface area contributed by atoms with Gasteiger partial charge in [0.25, 0.3) is 0 Å². The highest BCUT2D eigenvalue weighted by Gasteiger charge is 2.21. The number of anilines is 1. The molecular weight excluding hydrogens is 212 g/mol. The number of nitrogens with one attached hydrogen (secondary N) is 1. The molecule has 1 saturated carbocycles. The summed E-state index contributed by atoms with van der Waals surface area (Å²) in [6, 6.07) is 0.526. The largest absolute Gasteiger partial charge is 0.350 e. The van der Waals surface area contributed by atoms with Crippen LogP contribution < -0.4 is 5.32 Å². The molecule has 4 heteroatoms. The summed E-state index contributed by atoms with van der Waals surface area (Å²) >= 11 is 0. The van der Waals surface area contributed by atoms with Gasteiger partial charge in [0.2, 0.25) is 5.95 Å². The van der Waals surface area contributed by atoms with Gasteiger partial charge in [-0.05, 0) is 32.6 Å². The van der Waals surface area contributed by atoms with Gasteiger partial charge < -0.3 is 5.32 Å². The molecule has 17 heavy (non-hydrogen) atoms. The van der Waals surface area contributed by atoms with Crippen LogP contribution in [0.25, 0.3) is 0 Å². The van der Waals surface area contributed by atoms with Crippen molar-refractivity contribution in [3.63, 3.8) is 0 Å². The Bertz CT molecular complexity index is 378. The molecule has 1 heterocycles. The lowest BCUT2D eigenvalue weighted by atomic mass is 9.84. The second-order valence-corrected chi connectivity index (χ2v) is 5.09. The second kappa shape index (κ2) is 5.43. The molecule has 2 unspecified atom stereocenters. The van der Waals surface area contributed by atoms with Crippen LogP contribution >= 0.6 is 0 Å². The van der Waals surface area contributed by atoms with Crippen molar-refractivity contribution in [3.05, 3.63) is 11.4 Å². The Hall–Kier alpha value is -1.19. The highest BCUT2D eigenvalue weighted by Crippen LogP contribution is 2.27. The Kier molecular flexibility index (Phi) is 3.92. The Morgan fingerprint density at radius 2 is 2.00 bits per heavy atom. The van der Waals surface area contributed by atoms with Crippen molar-refractivity contribution in [1.29, 1.82) is 0 Å². The molecule has 4 nitrogen and oxygen atoms in total. The third-order valence-corrected chi connectivity index (χ3v) is 3.79. The minimum atomic E-state index is 0.526. The predicted molar refractivity (Wildman–Crippen MR) is 69.0 cm³/mol. The molecule has 1 N–H and O–H groups in total. The standard InChI is InChI=1S/C13H22N4/c1-4-11-6-5-7-12(8-11)15-13-14-9(2)10(3)16-17-13/h11-12H,4-8H2,1-3H3,(H,14,15,17). The minimum Gasteiger partial charge on any atom is -0.350 e. The first-order valence-electron chi connectivity index (χ1n) is 6.63. The smallest absolute Gasteiger partial charge is 0.243 e. The summed E-state index contributed by atoms with van der Waals surface area (Å²) in [5.41, 5.74) is 1.87. The first-order chi connectivity index (χ1) is 8.19. The third kappa shape index (κ3) is 3.14. The number of rotatable bonds is 3. The average Bonchev–Trinajstić information content (AvgIpc) is 2.34. The van der Waals surface area contributed by atoms with Gasteiger partial charge in [-0.2, -0.15) is 5.10 Å². The van der Waals surface area contributed by atoms with Gasteiger partial charge in [-0.15, -0.1) is 5.10 Å². The lowest BCUT2D eigenvalue weighted by molar-refractivity contribution is 0.326. The van der Waals surface area contributed by atoms with Gasteiger partial charge in [0, 0.05) is 6.04 Å². The molecule has 1 aromatic rings. The van der Waals surface area contributed by atoms with E-state index in [4.69, 9.17) is 0 Å². The summed E-state index contributed by atoms with van der Waals surface area (Å²) in [6.45, 7) is 6.19. The van der Waals surface area contributed by atoms with Crippen molar-refractivity contribution in [3.8, 4) is 0 Å². The number of hydrogen-bond acceptors (Lipinski definition) is 4. The van der Waals surface area contributed by atoms with Gasteiger partial charge in [0.15, 0.2) is 0 Å². The zero-order valence-corrected chi connectivity index (χ0v) is 11.0. The Labute approximate surface area is 103 Å². The molecule has 0 radical (unpaired) electrons. The molecule has 0 spiro atoms. The van der Waals surface area contributed by atoms with Crippen LogP contribution in [0.5, 0.6) is 0 Å². The van der Waals surface area contributed by atoms with Gasteiger partial charge in [-0.25, -0.2) is 4.98 Å². The molecule has 0 aromatic carbocycles. The van der Waals surface area contributed by atoms with Crippen LogP contribution in [0, 0.1) is 19.8 Å². The summed E-state index contributed by atoms with van der Waals surface area (Å²) in [5.74, 6) is 1.55. The number of hydrogen-bond donors (Lipinski definition) is 1. The highest BCUT2D eigenvalue weighted by atomic mass is 15.2. The summed E-state index contributed by atoms with van der Waals surface area (Å²) in [6.07, 6.45) is 6.44. The molecule has 2 rings (SSSR count). The van der Waals surface area contributed by atoms with Crippen LogP contribution in [0.1, 0.15) is 50.4 Å². The molecule has 1 aliphatic rings. The fraction of sp³-hybridized carbons (Fsp3) is 0.769. The molecule has 1 aliphatic carbocycles. The monoisotopic (exact) mass is 234 g/mol. The van der Waals surface area contributed by atoms with Crippen LogP contribution in [0.4, 0.5) is 5.95 Å². The van der Waals surface area contributed by atoms with Gasteiger partial charge in [0.1, 0.15) is 0 Å². The van der Waals surface area contributed by atoms with Crippen LogP contribution in [0.3, 0.4) is 0 Å². The van der Waals surface area contributed by atoms with E-state index in [-0.39, 0.29) is 0 Å². The van der Waals surface area contributed by atoms with Crippen molar-refractivity contribution in [2.75, 3.05) is 5.32 Å². The first kappa shape index (κ1) is 12.3. The van der Waals surface area contributed by atoms with Gasteiger partial charge >= 0.3 is 0 Å². The van der Waals surface area contributed by atoms with Crippen molar-refractivity contribution < 1.29 is 0 Å². The van der Waals surface area contributed by atoms with E-state index in [0.29, 0.717) is 12.0 Å². The Morgan fingerprint density at radius 3 is 2.71 bits per heavy atom. The molecule has 0 bridgehead atoms. The maximum absolute atomic E-state index is 4.43. The lowest BCUT2D eigenvalue weighted by Crippen LogP contribution is -2.28. The van der Waals surface area contributed by atoms with E-state index in [1.54, 1.807) is 0 Å². The number of nitrogens with zero attached hydrogens (tertiary/aromatic N) is 3. The van der Waals surface area contributed by atoms with Gasteiger partial charge in [-0.3, -0.25) is 0 Å². The third-order valence-electron chi connectivity index (χ3n) is 3.79. The highest BCUT2D eigenvalue weighted by molar-refractivity contribution is 5.26. The minimum absolute atomic E-state index is 0.526. The van der Waals surface area contributed by atoms with Crippen molar-refractivity contribution >= 4 is 5.95 Å². The van der Waals surface area contributed by atoms with Crippen molar-refractivity contribution in [1.82, 2.24) is 15.2 Å². The second-order valence-electron chi connectivity index (χ2n) is 5.09. The summed E-state index contributed by atoms with van der Waals surface area (Å²) in [7, 11) is 0. The first-order valence-corrected chi connectivity index (χ1v) is 6.63. The quantitative estimate of drug-likeness (QED) is 0.873. The molecule has 0 amide bonds. The van der Waals surface area contributed by atoms with Crippen molar-refractivity contribution in [2.45, 2.75) is 58.9 Å². The van der Waals surface area contributed by atoms with E-state index in [2.05, 4.69) is 27.4 Å². The average molecular weight is 234 g/mol. The Balaban J connectivity index is 1.97. The SMILES string of the molecule is CCC1CCCC(Nc2nnc(C)c(C)n2)C1. The fourth-order valence-corrected chi connectivity index (χ4v) is 2.49. The van der Waals surface area contributed by atoms with E-state index >= 15 is 0 Å². The predicted octanol–water partition coefficient (Wildman–Crippen LogP) is 2.87. The van der Waals surface area contributed by atoms with Gasteiger partial charge in [0.05, 0.1) is 11.4 Å². The van der Waals surface area contributed by atoms with E-state index < -0.39 is 0 Å². The number of aryl methyl sites for hydroxylation is 2. The lowest BCUT2D eigenvalue weighted by Gasteiger charge is -2.28. The van der Waals surface area contributed by atoms with E-state index in [1.807, 2.05) is 13.8 Å². The fourth-order valence-electron chi connectivity index (χ4n) is 2.49. The molecule has 0 saturated heterocycles. The molecule has 94 valence electrons.